The van der Waals surface area contributed by atoms with E-state index in [1.54, 1.807) is 0 Å². The van der Waals surface area contributed by atoms with Gasteiger partial charge in [-0.1, -0.05) is 73.8 Å². The van der Waals surface area contributed by atoms with Crippen molar-refractivity contribution in [2.45, 2.75) is 70.4 Å². The van der Waals surface area contributed by atoms with E-state index in [9.17, 15) is 24.9 Å². The highest BCUT2D eigenvalue weighted by molar-refractivity contribution is 5.88. The van der Waals surface area contributed by atoms with Gasteiger partial charge in [-0.05, 0) is 62.6 Å². The minimum atomic E-state index is -1.51. The zero-order chi connectivity index (χ0) is 26.6. The first-order chi connectivity index (χ1) is 17.4. The molecule has 7 nitrogen and oxygen atoms in total. The lowest BCUT2D eigenvalue weighted by atomic mass is 10.0. The van der Waals surface area contributed by atoms with Crippen LogP contribution in [0.3, 0.4) is 0 Å². The van der Waals surface area contributed by atoms with Gasteiger partial charge >= 0.3 is 11.9 Å². The molecular weight excluding hydrogens is 458 g/mol. The lowest BCUT2D eigenvalue weighted by molar-refractivity contribution is -0.162. The molecule has 1 rings (SSSR count). The largest absolute Gasteiger partial charge is 0.504 e. The maximum Gasteiger partial charge on any atom is 0.333 e. The molecule has 0 saturated carbocycles. The van der Waals surface area contributed by atoms with Crippen LogP contribution in [0.15, 0.2) is 79.0 Å². The maximum absolute atomic E-state index is 12.0. The molecule has 0 fully saturated rings. The van der Waals surface area contributed by atoms with Crippen LogP contribution >= 0.6 is 0 Å². The first-order valence-electron chi connectivity index (χ1n) is 12.3. The Morgan fingerprint density at radius 1 is 0.861 bits per heavy atom. The number of carbonyl (C=O) groups excluding carboxylic acids is 2. The maximum atomic E-state index is 12.0. The lowest BCUT2D eigenvalue weighted by Crippen LogP contribution is -2.39. The molecule has 2 atom stereocenters. The fourth-order valence-corrected chi connectivity index (χ4v) is 3.02. The molecule has 2 unspecified atom stereocenters. The SMILES string of the molecule is CCC=CCC=CCC=CCC=CCC=CCCCC(=O)OC(=O)C(N)C(O)c1ccc(O)c(O)c1. The third kappa shape index (κ3) is 13.5. The van der Waals surface area contributed by atoms with E-state index in [1.807, 2.05) is 12.2 Å². The summed E-state index contributed by atoms with van der Waals surface area (Å²) in [5.74, 6) is -2.61. The third-order valence-corrected chi connectivity index (χ3v) is 5.08. The second-order valence-electron chi connectivity index (χ2n) is 8.11. The van der Waals surface area contributed by atoms with Crippen LogP contribution < -0.4 is 5.73 Å². The van der Waals surface area contributed by atoms with Crippen molar-refractivity contribution >= 4 is 11.9 Å². The van der Waals surface area contributed by atoms with Gasteiger partial charge in [0.15, 0.2) is 11.5 Å². The summed E-state index contributed by atoms with van der Waals surface area (Å²) in [6.45, 7) is 2.13. The van der Waals surface area contributed by atoms with Crippen molar-refractivity contribution in [2.24, 2.45) is 5.73 Å². The van der Waals surface area contributed by atoms with Crippen LogP contribution in [-0.2, 0) is 14.3 Å². The van der Waals surface area contributed by atoms with E-state index < -0.39 is 29.8 Å². The molecule has 0 aliphatic carbocycles. The second kappa shape index (κ2) is 18.9. The number of rotatable bonds is 16. The summed E-state index contributed by atoms with van der Waals surface area (Å²) < 4.78 is 4.71. The summed E-state index contributed by atoms with van der Waals surface area (Å²) in [6, 6.07) is 2.04. The van der Waals surface area contributed by atoms with Gasteiger partial charge in [-0.2, -0.15) is 0 Å². The molecule has 0 saturated heterocycles. The molecule has 1 aromatic rings. The molecule has 36 heavy (non-hydrogen) atoms. The Labute approximate surface area is 214 Å². The van der Waals surface area contributed by atoms with Gasteiger partial charge < -0.3 is 25.8 Å². The van der Waals surface area contributed by atoms with Gasteiger partial charge in [0.05, 0.1) is 0 Å². The number of phenolic OH excluding ortho intramolecular Hbond substituents is 2. The topological polar surface area (TPSA) is 130 Å². The number of ether oxygens (including phenoxy) is 1. The lowest BCUT2D eigenvalue weighted by Gasteiger charge is -2.17. The number of nitrogens with two attached hydrogens (primary N) is 1. The number of phenols is 2. The Balaban J connectivity index is 2.17. The molecule has 0 heterocycles. The molecule has 0 aliphatic rings. The number of carbonyl (C=O) groups is 2. The summed E-state index contributed by atoms with van der Waals surface area (Å²) >= 11 is 0. The number of hydrogen-bond acceptors (Lipinski definition) is 7. The minimum Gasteiger partial charge on any atom is -0.504 e. The molecule has 196 valence electrons. The molecule has 5 N–H and O–H groups in total. The number of aliphatic hydroxyl groups excluding tert-OH is 1. The van der Waals surface area contributed by atoms with E-state index in [-0.39, 0.29) is 17.7 Å². The zero-order valence-electron chi connectivity index (χ0n) is 21.0. The number of aliphatic hydroxyl groups is 1. The Hall–Kier alpha value is -3.42. The molecule has 0 spiro atoms. The Bertz CT molecular complexity index is 945. The van der Waals surface area contributed by atoms with E-state index in [0.29, 0.717) is 12.8 Å². The third-order valence-electron chi connectivity index (χ3n) is 5.08. The monoisotopic (exact) mass is 497 g/mol. The number of benzene rings is 1. The Kier molecular flexibility index (Phi) is 16.0. The fraction of sp³-hybridized carbons (Fsp3) is 0.379. The number of aromatic hydroxyl groups is 2. The number of allylic oxidation sites excluding steroid dienone is 10. The summed E-state index contributed by atoms with van der Waals surface area (Å²) in [5, 5.41) is 29.0. The molecule has 0 amide bonds. The van der Waals surface area contributed by atoms with Crippen LogP contribution in [0.5, 0.6) is 11.5 Å². The predicted octanol–water partition coefficient (Wildman–Crippen LogP) is 5.45. The first kappa shape index (κ1) is 30.6. The molecule has 7 heteroatoms. The first-order valence-corrected chi connectivity index (χ1v) is 12.3. The highest BCUT2D eigenvalue weighted by Crippen LogP contribution is 2.28. The standard InChI is InChI=1S/C29H39NO6/c1-2-3-4-5-6-7-8-9-10-11-12-13-14-15-16-17-18-19-26(33)36-29(35)27(30)28(34)23-20-21-24(31)25(32)22-23/h3-4,6-7,9-10,12-13,15-16,20-22,27-28,31-32,34H,2,5,8,11,14,17-19,30H2,1H3. The molecular formula is C29H39NO6. The normalized spacial score (nSPS) is 14.0. The van der Waals surface area contributed by atoms with Crippen LogP contribution in [0.2, 0.25) is 0 Å². The predicted molar refractivity (Wildman–Crippen MR) is 142 cm³/mol. The number of hydrogen-bond donors (Lipinski definition) is 4. The Morgan fingerprint density at radius 2 is 1.39 bits per heavy atom. The van der Waals surface area contributed by atoms with Crippen molar-refractivity contribution in [3.63, 3.8) is 0 Å². The van der Waals surface area contributed by atoms with Crippen molar-refractivity contribution in [3.05, 3.63) is 84.5 Å². The summed E-state index contributed by atoms with van der Waals surface area (Å²) in [7, 11) is 0. The van der Waals surface area contributed by atoms with Gasteiger partial charge in [0, 0.05) is 6.42 Å². The van der Waals surface area contributed by atoms with Gasteiger partial charge in [0.1, 0.15) is 12.1 Å². The van der Waals surface area contributed by atoms with E-state index in [0.717, 1.165) is 44.2 Å². The van der Waals surface area contributed by atoms with Crippen molar-refractivity contribution in [2.75, 3.05) is 0 Å². The second-order valence-corrected chi connectivity index (χ2v) is 8.11. The highest BCUT2D eigenvalue weighted by atomic mass is 16.6. The fourth-order valence-electron chi connectivity index (χ4n) is 3.02. The van der Waals surface area contributed by atoms with Gasteiger partial charge in [0.25, 0.3) is 0 Å². The van der Waals surface area contributed by atoms with E-state index in [1.165, 1.54) is 6.07 Å². The van der Waals surface area contributed by atoms with E-state index >= 15 is 0 Å². The molecule has 0 aromatic heterocycles. The van der Waals surface area contributed by atoms with Crippen molar-refractivity contribution in [3.8, 4) is 11.5 Å². The van der Waals surface area contributed by atoms with Gasteiger partial charge in [0.2, 0.25) is 0 Å². The average Bonchev–Trinajstić information content (AvgIpc) is 2.86. The van der Waals surface area contributed by atoms with Crippen LogP contribution in [0.1, 0.15) is 70.0 Å². The smallest absolute Gasteiger partial charge is 0.333 e. The van der Waals surface area contributed by atoms with Crippen LogP contribution in [-0.4, -0.2) is 33.3 Å². The van der Waals surface area contributed by atoms with Gasteiger partial charge in [-0.25, -0.2) is 4.79 Å². The van der Waals surface area contributed by atoms with Crippen molar-refractivity contribution < 1.29 is 29.6 Å². The van der Waals surface area contributed by atoms with Crippen LogP contribution in [0.25, 0.3) is 0 Å². The van der Waals surface area contributed by atoms with Gasteiger partial charge in [-0.3, -0.25) is 4.79 Å². The minimum absolute atomic E-state index is 0.0445. The van der Waals surface area contributed by atoms with E-state index in [2.05, 4.69) is 55.5 Å². The molecule has 0 bridgehead atoms. The summed E-state index contributed by atoms with van der Waals surface area (Å²) in [4.78, 5) is 23.9. The van der Waals surface area contributed by atoms with E-state index in [4.69, 9.17) is 10.5 Å². The number of unbranched alkanes of at least 4 members (excludes halogenated alkanes) is 1. The number of esters is 2. The quantitative estimate of drug-likeness (QED) is 0.0785. The highest BCUT2D eigenvalue weighted by Gasteiger charge is 2.28. The summed E-state index contributed by atoms with van der Waals surface area (Å²) in [5.41, 5.74) is 5.79. The molecule has 0 aliphatic heterocycles. The summed E-state index contributed by atoms with van der Waals surface area (Å²) in [6.07, 6.45) is 25.6. The van der Waals surface area contributed by atoms with Crippen LogP contribution in [0.4, 0.5) is 0 Å². The van der Waals surface area contributed by atoms with Crippen molar-refractivity contribution in [1.29, 1.82) is 0 Å². The zero-order valence-corrected chi connectivity index (χ0v) is 21.0. The van der Waals surface area contributed by atoms with Gasteiger partial charge in [-0.15, -0.1) is 0 Å². The molecule has 0 radical (unpaired) electrons. The Morgan fingerprint density at radius 3 is 1.92 bits per heavy atom. The average molecular weight is 498 g/mol. The van der Waals surface area contributed by atoms with Crippen molar-refractivity contribution in [1.82, 2.24) is 0 Å². The molecule has 1 aromatic carbocycles. The van der Waals surface area contributed by atoms with Crippen LogP contribution in [0, 0.1) is 0 Å².